The zero-order valence-electron chi connectivity index (χ0n) is 24.3. The van der Waals surface area contributed by atoms with Gasteiger partial charge in [0.25, 0.3) is 5.91 Å². The fraction of sp³-hybridized carbons (Fsp3) is 0.484. The maximum absolute atomic E-state index is 13.5. The van der Waals surface area contributed by atoms with Gasteiger partial charge >= 0.3 is 0 Å². The van der Waals surface area contributed by atoms with Crippen LogP contribution in [0.25, 0.3) is 10.8 Å². The van der Waals surface area contributed by atoms with Gasteiger partial charge in [-0.25, -0.2) is 0 Å². The fourth-order valence-corrected chi connectivity index (χ4v) is 7.00. The highest BCUT2D eigenvalue weighted by atomic mass is 16.2. The summed E-state index contributed by atoms with van der Waals surface area (Å²) in [7, 11) is 0. The van der Waals surface area contributed by atoms with E-state index in [1.54, 1.807) is 10.7 Å². The summed E-state index contributed by atoms with van der Waals surface area (Å²) in [5.74, 6) is -1.01. The molecule has 3 aliphatic heterocycles. The summed E-state index contributed by atoms with van der Waals surface area (Å²) in [6.45, 7) is 5.53. The molecule has 0 spiro atoms. The van der Waals surface area contributed by atoms with Crippen molar-refractivity contribution in [2.24, 2.45) is 5.41 Å². The first-order valence-electron chi connectivity index (χ1n) is 15.2. The number of hydrogen-bond acceptors (Lipinski definition) is 5. The van der Waals surface area contributed by atoms with Crippen LogP contribution in [0.5, 0.6) is 0 Å². The van der Waals surface area contributed by atoms with Crippen LogP contribution in [0.1, 0.15) is 82.1 Å². The van der Waals surface area contributed by atoms with Gasteiger partial charge in [0, 0.05) is 49.6 Å². The van der Waals surface area contributed by atoms with Crippen LogP contribution >= 0.6 is 0 Å². The molecule has 3 amide bonds. The lowest BCUT2D eigenvalue weighted by atomic mass is 9.70. The Morgan fingerprint density at radius 1 is 1.10 bits per heavy atom. The quantitative estimate of drug-likeness (QED) is 0.485. The molecule has 8 heteroatoms. The molecule has 3 fully saturated rings. The molecular formula is C31H35N5O3. The number of nitrogens with one attached hydrogen (secondary N) is 1. The van der Waals surface area contributed by atoms with Crippen molar-refractivity contribution in [3.05, 3.63) is 59.4 Å². The van der Waals surface area contributed by atoms with E-state index in [1.165, 1.54) is 24.2 Å². The number of imide groups is 1. The van der Waals surface area contributed by atoms with Crippen LogP contribution < -0.4 is 10.2 Å². The van der Waals surface area contributed by atoms with E-state index in [9.17, 15) is 14.4 Å². The molecule has 8 nitrogen and oxygen atoms in total. The Morgan fingerprint density at radius 3 is 2.67 bits per heavy atom. The van der Waals surface area contributed by atoms with Gasteiger partial charge in [-0.3, -0.25) is 29.3 Å². The maximum Gasteiger partial charge on any atom is 0.259 e. The number of likely N-dealkylation sites (tertiary alicyclic amines) is 1. The second-order valence-electron chi connectivity index (χ2n) is 12.1. The lowest BCUT2D eigenvalue weighted by Gasteiger charge is -2.44. The van der Waals surface area contributed by atoms with Gasteiger partial charge in [-0.15, -0.1) is 0 Å². The van der Waals surface area contributed by atoms with E-state index in [1.807, 2.05) is 24.3 Å². The predicted octanol–water partition coefficient (Wildman–Crippen LogP) is 4.22. The van der Waals surface area contributed by atoms with Crippen LogP contribution in [0.2, 0.25) is 0 Å². The number of carbonyl (C=O) groups excluding carboxylic acids is 3. The van der Waals surface area contributed by atoms with Crippen molar-refractivity contribution in [2.75, 3.05) is 24.5 Å². The van der Waals surface area contributed by atoms with Crippen LogP contribution in [0.4, 0.5) is 5.69 Å². The smallest absolute Gasteiger partial charge is 0.259 e. The molecule has 7 rings (SSSR count). The van der Waals surface area contributed by atoms with Gasteiger partial charge in [0.2, 0.25) is 11.8 Å². The number of hydrogen-bond donors (Lipinski definition) is 1. The molecule has 202 valence electrons. The molecule has 1 aromatic heterocycles. The second kappa shape index (κ2) is 9.30. The number of aromatic nitrogens is 2. The fourth-order valence-electron chi connectivity index (χ4n) is 7.00. The second-order valence-corrected chi connectivity index (χ2v) is 12.1. The summed E-state index contributed by atoms with van der Waals surface area (Å²) in [4.78, 5) is 41.9. The summed E-state index contributed by atoms with van der Waals surface area (Å²) in [6, 6.07) is 8.73. The normalized spacial score (nSPS) is 24.1. The Kier molecular flexibility index (Phi) is 5.32. The minimum absolute atomic E-state index is 0.123. The molecule has 4 heterocycles. The number of anilines is 1. The Balaban J connectivity index is 1.14. The predicted molar refractivity (Wildman–Crippen MR) is 149 cm³/mol. The van der Waals surface area contributed by atoms with Crippen molar-refractivity contribution in [3.63, 3.8) is 0 Å². The van der Waals surface area contributed by atoms with Crippen LogP contribution in [0.3, 0.4) is 0 Å². The molecule has 1 atom stereocenters. The standard InChI is InChI=1S/C31H35N5O3/c1-31(12-3-13-31)19-34-14-10-22(11-15-34)35-18-20(17-32-35)16-21-6-7-25-28-23(21)4-2-5-24(28)30(39)36(25)26-8-9-27(37)33-29(26)38/h2,4-7,17-18,22,26H,3,8-16,19H2,1H3,(H,33,37,38)/i17D,18D. The van der Waals surface area contributed by atoms with Gasteiger partial charge in [-0.2, -0.15) is 5.10 Å². The number of amides is 3. The molecule has 1 saturated carbocycles. The van der Waals surface area contributed by atoms with E-state index in [0.29, 0.717) is 34.8 Å². The minimum Gasteiger partial charge on any atom is -0.303 e. The van der Waals surface area contributed by atoms with E-state index >= 15 is 0 Å². The number of rotatable bonds is 6. The molecule has 4 aliphatic rings. The van der Waals surface area contributed by atoms with Gasteiger partial charge in [-0.05, 0) is 66.2 Å². The number of benzene rings is 2. The van der Waals surface area contributed by atoms with Gasteiger partial charge in [0.05, 0.1) is 20.6 Å². The highest BCUT2D eigenvalue weighted by Gasteiger charge is 2.41. The highest BCUT2D eigenvalue weighted by Crippen LogP contribution is 2.42. The monoisotopic (exact) mass is 527 g/mol. The largest absolute Gasteiger partial charge is 0.303 e. The zero-order valence-corrected chi connectivity index (χ0v) is 22.3. The number of nitrogens with zero attached hydrogens (tertiary/aromatic N) is 4. The van der Waals surface area contributed by atoms with E-state index in [4.69, 9.17) is 2.74 Å². The molecule has 1 N–H and O–H groups in total. The maximum atomic E-state index is 13.5. The Bertz CT molecular complexity index is 1590. The molecule has 1 aliphatic carbocycles. The van der Waals surface area contributed by atoms with Gasteiger partial charge in [0.1, 0.15) is 6.04 Å². The molecule has 2 saturated heterocycles. The summed E-state index contributed by atoms with van der Waals surface area (Å²) in [6.07, 6.45) is 7.10. The van der Waals surface area contributed by atoms with E-state index < -0.39 is 11.9 Å². The molecule has 0 bridgehead atoms. The molecular weight excluding hydrogens is 490 g/mol. The van der Waals surface area contributed by atoms with Crippen LogP contribution in [0.15, 0.2) is 42.7 Å². The van der Waals surface area contributed by atoms with Gasteiger partial charge in [-0.1, -0.05) is 31.5 Å². The SMILES string of the molecule is [2H]c1nn(C2CCN(CC3(C)CCC3)CC2)c([2H])c1Cc1ccc2c3c(cccc13)C(=O)N2C1CCC(=O)NC1=O. The van der Waals surface area contributed by atoms with Crippen molar-refractivity contribution in [1.82, 2.24) is 20.0 Å². The van der Waals surface area contributed by atoms with Crippen LogP contribution in [-0.2, 0) is 16.0 Å². The molecule has 2 aromatic carbocycles. The third-order valence-electron chi connectivity index (χ3n) is 9.32. The zero-order chi connectivity index (χ0) is 28.5. The number of piperidine rings is 2. The number of carbonyl (C=O) groups is 3. The van der Waals surface area contributed by atoms with Crippen LogP contribution in [-0.4, -0.2) is 58.1 Å². The highest BCUT2D eigenvalue weighted by molar-refractivity contribution is 6.27. The van der Waals surface area contributed by atoms with Crippen molar-refractivity contribution in [2.45, 2.75) is 70.4 Å². The first-order chi connectivity index (χ1) is 19.7. The first kappa shape index (κ1) is 22.3. The van der Waals surface area contributed by atoms with E-state index in [0.717, 1.165) is 48.8 Å². The summed E-state index contributed by atoms with van der Waals surface area (Å²) < 4.78 is 19.4. The van der Waals surface area contributed by atoms with E-state index in [-0.39, 0.29) is 36.9 Å². The topological polar surface area (TPSA) is 87.5 Å². The average Bonchev–Trinajstić information content (AvgIpc) is 3.38. The van der Waals surface area contributed by atoms with Gasteiger partial charge in [0.15, 0.2) is 0 Å². The van der Waals surface area contributed by atoms with Gasteiger partial charge < -0.3 is 4.90 Å². The molecule has 0 radical (unpaired) electrons. The molecule has 39 heavy (non-hydrogen) atoms. The third-order valence-corrected chi connectivity index (χ3v) is 9.32. The van der Waals surface area contributed by atoms with Crippen LogP contribution in [0, 0.1) is 5.41 Å². The molecule has 3 aromatic rings. The van der Waals surface area contributed by atoms with Crippen molar-refractivity contribution < 1.29 is 17.1 Å². The third kappa shape index (κ3) is 4.25. The van der Waals surface area contributed by atoms with E-state index in [2.05, 4.69) is 22.2 Å². The Hall–Kier alpha value is -3.52. The van der Waals surface area contributed by atoms with Crippen molar-refractivity contribution in [1.29, 1.82) is 0 Å². The lowest BCUT2D eigenvalue weighted by Crippen LogP contribution is -2.53. The molecule has 1 unspecified atom stereocenters. The first-order valence-corrected chi connectivity index (χ1v) is 14.2. The summed E-state index contributed by atoms with van der Waals surface area (Å²) >= 11 is 0. The Morgan fingerprint density at radius 2 is 1.92 bits per heavy atom. The summed E-state index contributed by atoms with van der Waals surface area (Å²) in [5.41, 5.74) is 3.15. The summed E-state index contributed by atoms with van der Waals surface area (Å²) in [5, 5.41) is 8.53. The van der Waals surface area contributed by atoms with Crippen molar-refractivity contribution in [3.8, 4) is 0 Å². The average molecular weight is 528 g/mol. The Labute approximate surface area is 231 Å². The lowest BCUT2D eigenvalue weighted by molar-refractivity contribution is -0.134. The minimum atomic E-state index is -0.734. The van der Waals surface area contributed by atoms with Crippen molar-refractivity contribution >= 4 is 34.2 Å².